The summed E-state index contributed by atoms with van der Waals surface area (Å²) in [7, 11) is 6.12. The highest BCUT2D eigenvalue weighted by Crippen LogP contribution is 2.17. The molecule has 1 rings (SSSR count). The molecule has 0 radical (unpaired) electrons. The summed E-state index contributed by atoms with van der Waals surface area (Å²) in [5.41, 5.74) is 1.39. The molecule has 1 aromatic rings. The molecule has 0 aromatic carbocycles. The maximum absolute atomic E-state index is 4.33. The predicted molar refractivity (Wildman–Crippen MR) is 99.0 cm³/mol. The predicted octanol–water partition coefficient (Wildman–Crippen LogP) is 2.99. The van der Waals surface area contributed by atoms with Crippen LogP contribution in [-0.2, 0) is 0 Å². The zero-order chi connectivity index (χ0) is 16.5. The lowest BCUT2D eigenvalue weighted by molar-refractivity contribution is 0.254. The van der Waals surface area contributed by atoms with Gasteiger partial charge >= 0.3 is 0 Å². The van der Waals surface area contributed by atoms with E-state index in [-0.39, 0.29) is 0 Å². The molecule has 0 bridgehead atoms. The van der Waals surface area contributed by atoms with Gasteiger partial charge in [-0.05, 0) is 54.7 Å². The first kappa shape index (κ1) is 19.0. The van der Waals surface area contributed by atoms with Gasteiger partial charge in [0.25, 0.3) is 0 Å². The van der Waals surface area contributed by atoms with Crippen molar-refractivity contribution in [2.75, 3.05) is 34.2 Å². The first-order valence-corrected chi connectivity index (χ1v) is 9.01. The van der Waals surface area contributed by atoms with Gasteiger partial charge < -0.3 is 15.5 Å². The number of hydrogen-bond donors (Lipinski definition) is 2. The molecule has 0 saturated carbocycles. The number of rotatable bonds is 8. The van der Waals surface area contributed by atoms with Crippen molar-refractivity contribution in [3.63, 3.8) is 0 Å². The molecule has 0 spiro atoms. The summed E-state index contributed by atoms with van der Waals surface area (Å²) < 4.78 is 0. The Bertz CT molecular complexity index is 426. The Labute approximate surface area is 140 Å². The molecule has 0 aliphatic carbocycles. The van der Waals surface area contributed by atoms with E-state index in [0.29, 0.717) is 17.9 Å². The van der Waals surface area contributed by atoms with Crippen molar-refractivity contribution < 1.29 is 0 Å². The average molecular weight is 325 g/mol. The van der Waals surface area contributed by atoms with E-state index in [1.165, 1.54) is 12.0 Å². The number of nitrogens with one attached hydrogen (secondary N) is 2. The molecule has 0 saturated heterocycles. The molecule has 0 amide bonds. The normalized spacial score (nSPS) is 15.2. The maximum atomic E-state index is 4.33. The van der Waals surface area contributed by atoms with E-state index >= 15 is 0 Å². The maximum Gasteiger partial charge on any atom is 0.191 e. The standard InChI is InChI=1S/C17H32N4S/c1-13(2)9-16(21(5)6)11-20-17(18-4)19-10-14(3)15-7-8-22-12-15/h7-8,12-14,16H,9-11H2,1-6H3,(H2,18,19,20). The zero-order valence-corrected chi connectivity index (χ0v) is 15.7. The molecule has 1 aromatic heterocycles. The molecule has 4 nitrogen and oxygen atoms in total. The molecular weight excluding hydrogens is 292 g/mol. The van der Waals surface area contributed by atoms with Crippen LogP contribution in [0.4, 0.5) is 0 Å². The molecule has 2 N–H and O–H groups in total. The minimum atomic E-state index is 0.491. The van der Waals surface area contributed by atoms with E-state index in [1.807, 2.05) is 7.05 Å². The molecule has 2 atom stereocenters. The second-order valence-electron chi connectivity index (χ2n) is 6.54. The van der Waals surface area contributed by atoms with Gasteiger partial charge in [-0.3, -0.25) is 4.99 Å². The number of guanidine groups is 1. The van der Waals surface area contributed by atoms with Gasteiger partial charge in [0.2, 0.25) is 0 Å². The number of aliphatic imine (C=N–C) groups is 1. The minimum Gasteiger partial charge on any atom is -0.356 e. The summed E-state index contributed by atoms with van der Waals surface area (Å²) in [6.45, 7) is 8.59. The van der Waals surface area contributed by atoms with E-state index in [9.17, 15) is 0 Å². The van der Waals surface area contributed by atoms with Gasteiger partial charge in [-0.2, -0.15) is 11.3 Å². The first-order chi connectivity index (χ1) is 10.4. The molecular formula is C17H32N4S. The van der Waals surface area contributed by atoms with E-state index < -0.39 is 0 Å². The SMILES string of the molecule is CN=C(NCC(C)c1ccsc1)NCC(CC(C)C)N(C)C. The van der Waals surface area contributed by atoms with Crippen molar-refractivity contribution in [2.24, 2.45) is 10.9 Å². The van der Waals surface area contributed by atoms with E-state index in [1.54, 1.807) is 11.3 Å². The third-order valence-electron chi connectivity index (χ3n) is 3.89. The van der Waals surface area contributed by atoms with Crippen molar-refractivity contribution >= 4 is 17.3 Å². The molecule has 0 aliphatic rings. The van der Waals surface area contributed by atoms with Gasteiger partial charge in [0.05, 0.1) is 0 Å². The van der Waals surface area contributed by atoms with Gasteiger partial charge in [-0.1, -0.05) is 20.8 Å². The highest BCUT2D eigenvalue weighted by Gasteiger charge is 2.14. The molecule has 5 heteroatoms. The van der Waals surface area contributed by atoms with E-state index in [4.69, 9.17) is 0 Å². The van der Waals surface area contributed by atoms with Crippen LogP contribution in [0.25, 0.3) is 0 Å². The Hall–Kier alpha value is -1.07. The summed E-state index contributed by atoms with van der Waals surface area (Å²) in [6, 6.07) is 2.71. The zero-order valence-electron chi connectivity index (χ0n) is 14.9. The lowest BCUT2D eigenvalue weighted by Gasteiger charge is -2.27. The summed E-state index contributed by atoms with van der Waals surface area (Å²) in [5.74, 6) is 2.07. The van der Waals surface area contributed by atoms with E-state index in [0.717, 1.165) is 19.0 Å². The fraction of sp³-hybridized carbons (Fsp3) is 0.706. The Morgan fingerprint density at radius 2 is 1.91 bits per heavy atom. The highest BCUT2D eigenvalue weighted by atomic mass is 32.1. The largest absolute Gasteiger partial charge is 0.356 e. The van der Waals surface area contributed by atoms with Crippen molar-refractivity contribution in [2.45, 2.75) is 39.2 Å². The van der Waals surface area contributed by atoms with Gasteiger partial charge in [-0.25, -0.2) is 0 Å². The van der Waals surface area contributed by atoms with Gasteiger partial charge in [0.15, 0.2) is 5.96 Å². The van der Waals surface area contributed by atoms with Crippen LogP contribution in [0.2, 0.25) is 0 Å². The van der Waals surface area contributed by atoms with Gasteiger partial charge in [0, 0.05) is 26.2 Å². The molecule has 22 heavy (non-hydrogen) atoms. The summed E-state index contributed by atoms with van der Waals surface area (Å²) in [4.78, 5) is 6.62. The molecule has 126 valence electrons. The Balaban J connectivity index is 2.41. The molecule has 2 unspecified atom stereocenters. The Morgan fingerprint density at radius 3 is 2.41 bits per heavy atom. The van der Waals surface area contributed by atoms with Crippen molar-refractivity contribution in [1.29, 1.82) is 0 Å². The number of thiophene rings is 1. The van der Waals surface area contributed by atoms with Crippen LogP contribution in [0.15, 0.2) is 21.8 Å². The smallest absolute Gasteiger partial charge is 0.191 e. The number of hydrogen-bond acceptors (Lipinski definition) is 3. The fourth-order valence-corrected chi connectivity index (χ4v) is 3.16. The average Bonchev–Trinajstić information content (AvgIpc) is 2.99. The highest BCUT2D eigenvalue weighted by molar-refractivity contribution is 7.07. The summed E-state index contributed by atoms with van der Waals surface area (Å²) in [6.07, 6.45) is 1.18. The lowest BCUT2D eigenvalue weighted by Crippen LogP contribution is -2.46. The lowest BCUT2D eigenvalue weighted by atomic mass is 10.0. The Kier molecular flexibility index (Phi) is 8.49. The fourth-order valence-electron chi connectivity index (χ4n) is 2.38. The van der Waals surface area contributed by atoms with Gasteiger partial charge in [0.1, 0.15) is 0 Å². The number of nitrogens with zero attached hydrogens (tertiary/aromatic N) is 2. The quantitative estimate of drug-likeness (QED) is 0.570. The molecule has 0 aliphatic heterocycles. The van der Waals surface area contributed by atoms with Crippen LogP contribution in [0.3, 0.4) is 0 Å². The third-order valence-corrected chi connectivity index (χ3v) is 4.59. The van der Waals surface area contributed by atoms with Crippen molar-refractivity contribution in [3.8, 4) is 0 Å². The van der Waals surface area contributed by atoms with Crippen molar-refractivity contribution in [1.82, 2.24) is 15.5 Å². The second-order valence-corrected chi connectivity index (χ2v) is 7.32. The number of likely N-dealkylation sites (N-methyl/N-ethyl adjacent to an activating group) is 1. The van der Waals surface area contributed by atoms with E-state index in [2.05, 4.69) is 72.2 Å². The van der Waals surface area contributed by atoms with Crippen LogP contribution >= 0.6 is 11.3 Å². The second kappa shape index (κ2) is 9.85. The minimum absolute atomic E-state index is 0.491. The monoisotopic (exact) mass is 324 g/mol. The Morgan fingerprint density at radius 1 is 1.23 bits per heavy atom. The first-order valence-electron chi connectivity index (χ1n) is 8.07. The topological polar surface area (TPSA) is 39.7 Å². The van der Waals surface area contributed by atoms with Crippen LogP contribution in [0.5, 0.6) is 0 Å². The summed E-state index contributed by atoms with van der Waals surface area (Å²) in [5, 5.41) is 11.2. The van der Waals surface area contributed by atoms with Crippen LogP contribution in [0.1, 0.15) is 38.7 Å². The van der Waals surface area contributed by atoms with Crippen LogP contribution in [0, 0.1) is 5.92 Å². The van der Waals surface area contributed by atoms with Crippen LogP contribution in [-0.4, -0.2) is 51.1 Å². The summed E-state index contributed by atoms with van der Waals surface area (Å²) >= 11 is 1.75. The molecule has 0 fully saturated rings. The van der Waals surface area contributed by atoms with Crippen molar-refractivity contribution in [3.05, 3.63) is 22.4 Å². The molecule has 1 heterocycles. The third kappa shape index (κ3) is 6.79. The van der Waals surface area contributed by atoms with Gasteiger partial charge in [-0.15, -0.1) is 0 Å². The van der Waals surface area contributed by atoms with Crippen LogP contribution < -0.4 is 10.6 Å².